The first-order valence-electron chi connectivity index (χ1n) is 6.12. The van der Waals surface area contributed by atoms with Crippen molar-refractivity contribution in [3.63, 3.8) is 0 Å². The normalized spacial score (nSPS) is 12.8. The highest BCUT2D eigenvalue weighted by Crippen LogP contribution is 2.16. The van der Waals surface area contributed by atoms with Crippen LogP contribution in [0.15, 0.2) is 24.3 Å². The fourth-order valence-corrected chi connectivity index (χ4v) is 1.59. The lowest BCUT2D eigenvalue weighted by atomic mass is 10.1. The van der Waals surface area contributed by atoms with Crippen molar-refractivity contribution in [1.82, 2.24) is 0 Å². The average molecular weight is 237 g/mol. The molecule has 2 N–H and O–H groups in total. The van der Waals surface area contributed by atoms with Crippen LogP contribution in [0.1, 0.15) is 19.4 Å². The van der Waals surface area contributed by atoms with Crippen LogP contribution in [0.2, 0.25) is 0 Å². The SMILES string of the molecule is COCCc1ccc(OC(CN)C(C)C)cc1. The maximum Gasteiger partial charge on any atom is 0.119 e. The first-order chi connectivity index (χ1) is 8.17. The maximum atomic E-state index is 5.83. The third kappa shape index (κ3) is 4.75. The lowest BCUT2D eigenvalue weighted by molar-refractivity contribution is 0.159. The molecule has 0 radical (unpaired) electrons. The minimum Gasteiger partial charge on any atom is -0.489 e. The molecule has 1 aromatic carbocycles. The summed E-state index contributed by atoms with van der Waals surface area (Å²) in [5.74, 6) is 1.31. The van der Waals surface area contributed by atoms with Crippen molar-refractivity contribution in [3.05, 3.63) is 29.8 Å². The second-order valence-corrected chi connectivity index (χ2v) is 4.52. The van der Waals surface area contributed by atoms with E-state index in [2.05, 4.69) is 26.0 Å². The average Bonchev–Trinajstić information content (AvgIpc) is 2.34. The van der Waals surface area contributed by atoms with Crippen molar-refractivity contribution in [2.24, 2.45) is 11.7 Å². The molecule has 0 bridgehead atoms. The quantitative estimate of drug-likeness (QED) is 0.791. The van der Waals surface area contributed by atoms with Gasteiger partial charge in [0, 0.05) is 13.7 Å². The molecule has 0 heterocycles. The fraction of sp³-hybridized carbons (Fsp3) is 0.571. The van der Waals surface area contributed by atoms with Crippen molar-refractivity contribution >= 4 is 0 Å². The summed E-state index contributed by atoms with van der Waals surface area (Å²) in [5, 5.41) is 0. The van der Waals surface area contributed by atoms with Gasteiger partial charge in [-0.15, -0.1) is 0 Å². The van der Waals surface area contributed by atoms with E-state index < -0.39 is 0 Å². The van der Waals surface area contributed by atoms with E-state index >= 15 is 0 Å². The van der Waals surface area contributed by atoms with Gasteiger partial charge in [-0.1, -0.05) is 26.0 Å². The lowest BCUT2D eigenvalue weighted by Gasteiger charge is -2.21. The molecule has 3 heteroatoms. The molecule has 96 valence electrons. The fourth-order valence-electron chi connectivity index (χ4n) is 1.59. The molecule has 0 saturated heterocycles. The highest BCUT2D eigenvalue weighted by molar-refractivity contribution is 5.27. The van der Waals surface area contributed by atoms with E-state index in [1.54, 1.807) is 7.11 Å². The number of hydrogen-bond acceptors (Lipinski definition) is 3. The van der Waals surface area contributed by atoms with Crippen LogP contribution in [0.3, 0.4) is 0 Å². The first kappa shape index (κ1) is 14.0. The second kappa shape index (κ2) is 7.30. The molecule has 0 amide bonds. The Morgan fingerprint density at radius 1 is 1.18 bits per heavy atom. The number of nitrogens with two attached hydrogens (primary N) is 1. The second-order valence-electron chi connectivity index (χ2n) is 4.52. The van der Waals surface area contributed by atoms with Gasteiger partial charge in [0.15, 0.2) is 0 Å². The largest absolute Gasteiger partial charge is 0.489 e. The molecule has 0 aromatic heterocycles. The number of rotatable bonds is 7. The molecule has 0 spiro atoms. The molecule has 0 saturated carbocycles. The molecule has 1 rings (SSSR count). The highest BCUT2D eigenvalue weighted by Gasteiger charge is 2.12. The van der Waals surface area contributed by atoms with Gasteiger partial charge in [-0.3, -0.25) is 0 Å². The Kier molecular flexibility index (Phi) is 6.01. The van der Waals surface area contributed by atoms with Gasteiger partial charge < -0.3 is 15.2 Å². The third-order valence-electron chi connectivity index (χ3n) is 2.78. The zero-order valence-electron chi connectivity index (χ0n) is 11.0. The van der Waals surface area contributed by atoms with E-state index in [1.165, 1.54) is 5.56 Å². The first-order valence-corrected chi connectivity index (χ1v) is 6.12. The van der Waals surface area contributed by atoms with Crippen molar-refractivity contribution in [3.8, 4) is 5.75 Å². The summed E-state index contributed by atoms with van der Waals surface area (Å²) in [6.45, 7) is 5.52. The van der Waals surface area contributed by atoms with Crippen molar-refractivity contribution in [2.75, 3.05) is 20.3 Å². The molecule has 1 atom stereocenters. The summed E-state index contributed by atoms with van der Waals surface area (Å²) in [4.78, 5) is 0. The topological polar surface area (TPSA) is 44.5 Å². The number of methoxy groups -OCH3 is 1. The summed E-state index contributed by atoms with van der Waals surface area (Å²) < 4.78 is 10.9. The third-order valence-corrected chi connectivity index (χ3v) is 2.78. The van der Waals surface area contributed by atoms with E-state index in [0.717, 1.165) is 18.8 Å². The summed E-state index contributed by atoms with van der Waals surface area (Å²) in [6, 6.07) is 8.14. The molecule has 1 unspecified atom stereocenters. The summed E-state index contributed by atoms with van der Waals surface area (Å²) in [5.41, 5.74) is 6.93. The summed E-state index contributed by atoms with van der Waals surface area (Å²) in [7, 11) is 1.71. The van der Waals surface area contributed by atoms with Gasteiger partial charge in [0.05, 0.1) is 6.61 Å². The van der Waals surface area contributed by atoms with Gasteiger partial charge in [-0.25, -0.2) is 0 Å². The molecular weight excluding hydrogens is 214 g/mol. The zero-order chi connectivity index (χ0) is 12.7. The van der Waals surface area contributed by atoms with Gasteiger partial charge in [-0.05, 0) is 30.0 Å². The van der Waals surface area contributed by atoms with E-state index in [9.17, 15) is 0 Å². The Hall–Kier alpha value is -1.06. The van der Waals surface area contributed by atoms with Gasteiger partial charge in [0.25, 0.3) is 0 Å². The summed E-state index contributed by atoms with van der Waals surface area (Å²) in [6.07, 6.45) is 1.01. The van der Waals surface area contributed by atoms with Gasteiger partial charge in [0.1, 0.15) is 11.9 Å². The lowest BCUT2D eigenvalue weighted by Crippen LogP contribution is -2.31. The Morgan fingerprint density at radius 3 is 2.29 bits per heavy atom. The molecule has 3 nitrogen and oxygen atoms in total. The van der Waals surface area contributed by atoms with E-state index in [-0.39, 0.29) is 6.10 Å². The Morgan fingerprint density at radius 2 is 1.82 bits per heavy atom. The Balaban J connectivity index is 2.55. The monoisotopic (exact) mass is 237 g/mol. The van der Waals surface area contributed by atoms with Crippen LogP contribution in [-0.2, 0) is 11.2 Å². The molecule has 0 aliphatic carbocycles. The smallest absolute Gasteiger partial charge is 0.119 e. The van der Waals surface area contributed by atoms with Crippen LogP contribution in [0.5, 0.6) is 5.75 Å². The molecule has 0 fully saturated rings. The number of ether oxygens (including phenoxy) is 2. The van der Waals surface area contributed by atoms with Gasteiger partial charge in [0.2, 0.25) is 0 Å². The highest BCUT2D eigenvalue weighted by atomic mass is 16.5. The standard InChI is InChI=1S/C14H23NO2/c1-11(2)14(10-15)17-13-6-4-12(5-7-13)8-9-16-3/h4-7,11,14H,8-10,15H2,1-3H3. The molecule has 0 aliphatic rings. The van der Waals surface area contributed by atoms with Crippen LogP contribution in [0, 0.1) is 5.92 Å². The van der Waals surface area contributed by atoms with Gasteiger partial charge >= 0.3 is 0 Å². The van der Waals surface area contributed by atoms with E-state index in [4.69, 9.17) is 15.2 Å². The van der Waals surface area contributed by atoms with Crippen LogP contribution in [-0.4, -0.2) is 26.4 Å². The molecule has 0 aliphatic heterocycles. The predicted molar refractivity (Wildman–Crippen MR) is 70.3 cm³/mol. The number of hydrogen-bond donors (Lipinski definition) is 1. The van der Waals surface area contributed by atoms with Gasteiger partial charge in [-0.2, -0.15) is 0 Å². The van der Waals surface area contributed by atoms with Crippen molar-refractivity contribution < 1.29 is 9.47 Å². The minimum absolute atomic E-state index is 0.0832. The van der Waals surface area contributed by atoms with E-state index in [0.29, 0.717) is 12.5 Å². The minimum atomic E-state index is 0.0832. The van der Waals surface area contributed by atoms with Crippen LogP contribution >= 0.6 is 0 Å². The Bertz CT molecular complexity index is 309. The van der Waals surface area contributed by atoms with Crippen molar-refractivity contribution in [2.45, 2.75) is 26.4 Å². The van der Waals surface area contributed by atoms with Crippen molar-refractivity contribution in [1.29, 1.82) is 0 Å². The Labute approximate surface area is 104 Å². The van der Waals surface area contributed by atoms with Crippen LogP contribution < -0.4 is 10.5 Å². The predicted octanol–water partition coefficient (Wildman–Crippen LogP) is 2.24. The molecule has 17 heavy (non-hydrogen) atoms. The van der Waals surface area contributed by atoms with Crippen LogP contribution in [0.25, 0.3) is 0 Å². The maximum absolute atomic E-state index is 5.83. The zero-order valence-corrected chi connectivity index (χ0v) is 11.0. The molecular formula is C14H23NO2. The number of benzene rings is 1. The van der Waals surface area contributed by atoms with E-state index in [1.807, 2.05) is 12.1 Å². The summed E-state index contributed by atoms with van der Waals surface area (Å²) >= 11 is 0. The van der Waals surface area contributed by atoms with Crippen LogP contribution in [0.4, 0.5) is 0 Å². The molecule has 1 aromatic rings.